The van der Waals surface area contributed by atoms with Gasteiger partial charge in [-0.05, 0) is 63.8 Å². The van der Waals surface area contributed by atoms with Gasteiger partial charge in [-0.3, -0.25) is 14.8 Å². The Labute approximate surface area is 193 Å². The van der Waals surface area contributed by atoms with Gasteiger partial charge in [0, 0.05) is 31.1 Å². The standard InChI is InChI=1S/C19H32F3N5S.HI/c1-23-18(24-9-6-10-26(2)14-19(20,21)22)25-13-15-7-4-11-27(3)17(15)16-8-5-12-28-16;/h5,8,12,15,17H,4,6-7,9-11,13-14H2,1-3H3,(H2,23,24,25);1H. The Morgan fingerprint density at radius 1 is 1.38 bits per heavy atom. The van der Waals surface area contributed by atoms with Crippen LogP contribution in [0, 0.1) is 5.92 Å². The van der Waals surface area contributed by atoms with E-state index in [1.54, 1.807) is 18.4 Å². The fraction of sp³-hybridized carbons (Fsp3) is 0.737. The fourth-order valence-electron chi connectivity index (χ4n) is 3.77. The molecule has 1 aliphatic heterocycles. The monoisotopic (exact) mass is 547 g/mol. The molecular weight excluding hydrogens is 514 g/mol. The first-order valence-corrected chi connectivity index (χ1v) is 10.6. The maximum atomic E-state index is 12.3. The van der Waals surface area contributed by atoms with Gasteiger partial charge in [-0.2, -0.15) is 13.2 Å². The van der Waals surface area contributed by atoms with Gasteiger partial charge in [0.15, 0.2) is 5.96 Å². The zero-order valence-electron chi connectivity index (χ0n) is 17.3. The van der Waals surface area contributed by atoms with E-state index in [0.29, 0.717) is 37.4 Å². The van der Waals surface area contributed by atoms with Crippen molar-refractivity contribution in [3.05, 3.63) is 22.4 Å². The van der Waals surface area contributed by atoms with Crippen molar-refractivity contribution in [2.24, 2.45) is 10.9 Å². The summed E-state index contributed by atoms with van der Waals surface area (Å²) in [6, 6.07) is 4.72. The molecule has 10 heteroatoms. The summed E-state index contributed by atoms with van der Waals surface area (Å²) in [6.45, 7) is 2.02. The minimum atomic E-state index is -4.15. The third kappa shape index (κ3) is 9.39. The van der Waals surface area contributed by atoms with Crippen molar-refractivity contribution < 1.29 is 13.2 Å². The third-order valence-electron chi connectivity index (χ3n) is 5.06. The smallest absolute Gasteiger partial charge is 0.356 e. The molecule has 0 amide bonds. The molecule has 5 nitrogen and oxygen atoms in total. The normalized spacial score (nSPS) is 21.1. The third-order valence-corrected chi connectivity index (χ3v) is 6.00. The predicted octanol–water partition coefficient (Wildman–Crippen LogP) is 3.80. The first kappa shape index (κ1) is 26.4. The number of likely N-dealkylation sites (tertiary alicyclic amines) is 1. The molecule has 0 bridgehead atoms. The van der Waals surface area contributed by atoms with Gasteiger partial charge in [0.2, 0.25) is 0 Å². The number of nitrogens with zero attached hydrogens (tertiary/aromatic N) is 3. The molecule has 2 rings (SSSR count). The maximum Gasteiger partial charge on any atom is 0.401 e. The molecule has 1 aromatic heterocycles. The summed E-state index contributed by atoms with van der Waals surface area (Å²) in [7, 11) is 5.39. The Hall–Kier alpha value is -0.590. The van der Waals surface area contributed by atoms with Crippen LogP contribution in [0.3, 0.4) is 0 Å². The van der Waals surface area contributed by atoms with Gasteiger partial charge < -0.3 is 10.6 Å². The highest BCUT2D eigenvalue weighted by molar-refractivity contribution is 14.0. The summed E-state index contributed by atoms with van der Waals surface area (Å²) in [6.07, 6.45) is -1.18. The number of piperidine rings is 1. The van der Waals surface area contributed by atoms with Gasteiger partial charge >= 0.3 is 6.18 Å². The van der Waals surface area contributed by atoms with Crippen LogP contribution in [0.25, 0.3) is 0 Å². The number of halogens is 4. The molecular formula is C19H33F3IN5S. The van der Waals surface area contributed by atoms with Crippen molar-refractivity contribution in [3.63, 3.8) is 0 Å². The lowest BCUT2D eigenvalue weighted by molar-refractivity contribution is -0.143. The molecule has 1 aliphatic rings. The number of nitrogens with one attached hydrogen (secondary N) is 2. The Morgan fingerprint density at radius 3 is 2.76 bits per heavy atom. The molecule has 29 heavy (non-hydrogen) atoms. The van der Waals surface area contributed by atoms with Gasteiger partial charge in [-0.25, -0.2) is 0 Å². The molecule has 0 saturated carbocycles. The Bertz CT molecular complexity index is 597. The summed E-state index contributed by atoms with van der Waals surface area (Å²) in [5.74, 6) is 1.20. The number of alkyl halides is 3. The average molecular weight is 547 g/mol. The van der Waals surface area contributed by atoms with Gasteiger partial charge in [0.1, 0.15) is 0 Å². The largest absolute Gasteiger partial charge is 0.401 e. The first-order chi connectivity index (χ1) is 13.3. The lowest BCUT2D eigenvalue weighted by Crippen LogP contribution is -2.45. The van der Waals surface area contributed by atoms with Crippen LogP contribution in [0.1, 0.15) is 30.2 Å². The summed E-state index contributed by atoms with van der Waals surface area (Å²) >= 11 is 1.80. The number of hydrogen-bond donors (Lipinski definition) is 2. The highest BCUT2D eigenvalue weighted by atomic mass is 127. The van der Waals surface area contributed by atoms with Crippen molar-refractivity contribution in [1.29, 1.82) is 0 Å². The van der Waals surface area contributed by atoms with Crippen LogP contribution >= 0.6 is 35.3 Å². The Morgan fingerprint density at radius 2 is 2.14 bits per heavy atom. The highest BCUT2D eigenvalue weighted by Crippen LogP contribution is 2.36. The van der Waals surface area contributed by atoms with Gasteiger partial charge in [-0.15, -0.1) is 35.3 Å². The van der Waals surface area contributed by atoms with Gasteiger partial charge in [0.25, 0.3) is 0 Å². The van der Waals surface area contributed by atoms with Crippen molar-refractivity contribution in [2.75, 3.05) is 53.9 Å². The van der Waals surface area contributed by atoms with E-state index in [1.165, 1.54) is 29.7 Å². The van der Waals surface area contributed by atoms with Crippen LogP contribution in [0.4, 0.5) is 13.2 Å². The highest BCUT2D eigenvalue weighted by Gasteiger charge is 2.31. The second-order valence-corrected chi connectivity index (χ2v) is 8.41. The number of thiophene rings is 1. The Balaban J connectivity index is 0.00000420. The maximum absolute atomic E-state index is 12.3. The van der Waals surface area contributed by atoms with E-state index in [1.807, 2.05) is 0 Å². The van der Waals surface area contributed by atoms with Crippen LogP contribution in [0.15, 0.2) is 22.5 Å². The minimum absolute atomic E-state index is 0. The van der Waals surface area contributed by atoms with Crippen LogP contribution in [0.5, 0.6) is 0 Å². The van der Waals surface area contributed by atoms with Crippen molar-refractivity contribution in [3.8, 4) is 0 Å². The topological polar surface area (TPSA) is 42.9 Å². The molecule has 1 aromatic rings. The Kier molecular flexibility index (Phi) is 11.8. The average Bonchev–Trinajstić information content (AvgIpc) is 3.13. The molecule has 1 fully saturated rings. The molecule has 0 radical (unpaired) electrons. The zero-order chi connectivity index (χ0) is 20.6. The van der Waals surface area contributed by atoms with E-state index in [0.717, 1.165) is 13.1 Å². The molecule has 2 heterocycles. The molecule has 0 aromatic carbocycles. The van der Waals surface area contributed by atoms with Crippen LogP contribution in [0.2, 0.25) is 0 Å². The van der Waals surface area contributed by atoms with E-state index >= 15 is 0 Å². The minimum Gasteiger partial charge on any atom is -0.356 e. The van der Waals surface area contributed by atoms with Gasteiger partial charge in [0.05, 0.1) is 6.54 Å². The number of aliphatic imine (C=N–C) groups is 1. The first-order valence-electron chi connectivity index (χ1n) is 9.73. The molecule has 2 N–H and O–H groups in total. The van der Waals surface area contributed by atoms with E-state index < -0.39 is 12.7 Å². The quantitative estimate of drug-likeness (QED) is 0.225. The van der Waals surface area contributed by atoms with Crippen molar-refractivity contribution >= 4 is 41.3 Å². The van der Waals surface area contributed by atoms with E-state index in [4.69, 9.17) is 0 Å². The summed E-state index contributed by atoms with van der Waals surface area (Å²) < 4.78 is 37.0. The van der Waals surface area contributed by atoms with E-state index in [-0.39, 0.29) is 24.0 Å². The molecule has 1 saturated heterocycles. The van der Waals surface area contributed by atoms with Crippen molar-refractivity contribution in [2.45, 2.75) is 31.5 Å². The summed E-state index contributed by atoms with van der Waals surface area (Å²) in [5.41, 5.74) is 0. The SMILES string of the molecule is CN=C(NCCCN(C)CC(F)(F)F)NCC1CCCN(C)C1c1cccs1.I. The zero-order valence-corrected chi connectivity index (χ0v) is 20.5. The lowest BCUT2D eigenvalue weighted by Gasteiger charge is -2.39. The molecule has 2 unspecified atom stereocenters. The van der Waals surface area contributed by atoms with Crippen LogP contribution in [-0.2, 0) is 0 Å². The molecule has 168 valence electrons. The van der Waals surface area contributed by atoms with E-state index in [9.17, 15) is 13.2 Å². The number of hydrogen-bond acceptors (Lipinski definition) is 4. The predicted molar refractivity (Wildman–Crippen MR) is 125 cm³/mol. The molecule has 0 aliphatic carbocycles. The second kappa shape index (κ2) is 13.0. The lowest BCUT2D eigenvalue weighted by atomic mass is 9.88. The van der Waals surface area contributed by atoms with Gasteiger partial charge in [-0.1, -0.05) is 6.07 Å². The van der Waals surface area contributed by atoms with Crippen LogP contribution in [-0.4, -0.2) is 75.8 Å². The van der Waals surface area contributed by atoms with Crippen molar-refractivity contribution in [1.82, 2.24) is 20.4 Å². The number of guanidine groups is 1. The summed E-state index contributed by atoms with van der Waals surface area (Å²) in [5, 5.41) is 8.73. The second-order valence-electron chi connectivity index (χ2n) is 7.43. The van der Waals surface area contributed by atoms with Crippen LogP contribution < -0.4 is 10.6 Å². The summed E-state index contributed by atoms with van der Waals surface area (Å²) in [4.78, 5) is 9.36. The molecule has 2 atom stereocenters. The fourth-order valence-corrected chi connectivity index (χ4v) is 4.75. The number of rotatable bonds is 8. The molecule has 0 spiro atoms. The van der Waals surface area contributed by atoms with E-state index in [2.05, 4.69) is 45.1 Å².